The number of aliphatic hydroxyl groups is 3. The van der Waals surface area contributed by atoms with Crippen LogP contribution >= 0.6 is 0 Å². The van der Waals surface area contributed by atoms with Crippen LogP contribution in [0.2, 0.25) is 0 Å². The summed E-state index contributed by atoms with van der Waals surface area (Å²) >= 11 is 0. The molecular formula is C11H16O10. The van der Waals surface area contributed by atoms with Gasteiger partial charge in [0, 0.05) is 20.8 Å². The third kappa shape index (κ3) is 5.45. The van der Waals surface area contributed by atoms with Gasteiger partial charge in [0.1, 0.15) is 13.6 Å². The number of aldehydes is 1. The first-order valence-electron chi connectivity index (χ1n) is 6.06. The monoisotopic (exact) mass is 309 g/mol. The van der Waals surface area contributed by atoms with E-state index in [0.717, 1.165) is 20.8 Å². The molecule has 10 heteroatoms. The number of esters is 3. The summed E-state index contributed by atoms with van der Waals surface area (Å²) in [6.07, 6.45) is -9.14. The SMILES string of the molecule is [2H]C(=O)[C@H](O)[C@H](O)[C@H](O)C(OC(C)=O)(OC(C)=O)OC(C)=O. The summed E-state index contributed by atoms with van der Waals surface area (Å²) in [6, 6.07) is 0. The Morgan fingerprint density at radius 3 is 1.57 bits per heavy atom. The highest BCUT2D eigenvalue weighted by molar-refractivity contribution is 5.71. The second-order valence-electron chi connectivity index (χ2n) is 3.88. The van der Waals surface area contributed by atoms with Crippen LogP contribution in [0.5, 0.6) is 0 Å². The van der Waals surface area contributed by atoms with Crippen LogP contribution in [0.1, 0.15) is 22.1 Å². The average Bonchev–Trinajstić information content (AvgIpc) is 2.33. The fourth-order valence-electron chi connectivity index (χ4n) is 1.30. The van der Waals surface area contributed by atoms with Gasteiger partial charge in [0.25, 0.3) is 0 Å². The molecule has 0 amide bonds. The summed E-state index contributed by atoms with van der Waals surface area (Å²) in [5.74, 6) is -6.67. The Hall–Kier alpha value is -2.04. The third-order valence-corrected chi connectivity index (χ3v) is 1.99. The molecule has 3 atom stereocenters. The van der Waals surface area contributed by atoms with Crippen molar-refractivity contribution >= 4 is 24.2 Å². The predicted molar refractivity (Wildman–Crippen MR) is 62.1 cm³/mol. The Balaban J connectivity index is 5.76. The van der Waals surface area contributed by atoms with Crippen LogP contribution in [0.4, 0.5) is 0 Å². The molecular weight excluding hydrogens is 292 g/mol. The van der Waals surface area contributed by atoms with Gasteiger partial charge < -0.3 is 34.3 Å². The maximum absolute atomic E-state index is 11.1. The van der Waals surface area contributed by atoms with E-state index in [1.807, 2.05) is 0 Å². The smallest absolute Gasteiger partial charge is 0.387 e. The van der Waals surface area contributed by atoms with Crippen LogP contribution < -0.4 is 0 Å². The Morgan fingerprint density at radius 1 is 1.00 bits per heavy atom. The number of ether oxygens (including phenoxy) is 3. The number of hydrogen-bond acceptors (Lipinski definition) is 10. The van der Waals surface area contributed by atoms with E-state index in [9.17, 15) is 34.5 Å². The molecule has 0 aromatic carbocycles. The summed E-state index contributed by atoms with van der Waals surface area (Å²) in [6.45, 7) is 2.44. The van der Waals surface area contributed by atoms with Crippen molar-refractivity contribution in [1.29, 1.82) is 0 Å². The van der Waals surface area contributed by atoms with Gasteiger partial charge >= 0.3 is 23.9 Å². The summed E-state index contributed by atoms with van der Waals surface area (Å²) in [4.78, 5) is 44.0. The molecule has 0 bridgehead atoms. The van der Waals surface area contributed by atoms with Crippen molar-refractivity contribution < 1.29 is 50.1 Å². The third-order valence-electron chi connectivity index (χ3n) is 1.99. The van der Waals surface area contributed by atoms with Crippen molar-refractivity contribution in [2.24, 2.45) is 0 Å². The second-order valence-corrected chi connectivity index (χ2v) is 3.88. The largest absolute Gasteiger partial charge is 0.454 e. The average molecular weight is 309 g/mol. The summed E-state index contributed by atoms with van der Waals surface area (Å²) in [5, 5.41) is 28.8. The van der Waals surface area contributed by atoms with Gasteiger partial charge in [-0.15, -0.1) is 0 Å². The van der Waals surface area contributed by atoms with Crippen LogP contribution in [0.25, 0.3) is 0 Å². The van der Waals surface area contributed by atoms with Gasteiger partial charge in [-0.05, 0) is 0 Å². The van der Waals surface area contributed by atoms with Crippen LogP contribution in [0.3, 0.4) is 0 Å². The number of carbonyl (C=O) groups is 4. The molecule has 0 spiro atoms. The fourth-order valence-corrected chi connectivity index (χ4v) is 1.30. The summed E-state index contributed by atoms with van der Waals surface area (Å²) in [7, 11) is 0. The van der Waals surface area contributed by atoms with Crippen LogP contribution in [-0.4, -0.2) is 63.8 Å². The zero-order valence-electron chi connectivity index (χ0n) is 12.4. The Bertz CT molecular complexity index is 421. The van der Waals surface area contributed by atoms with Crippen molar-refractivity contribution in [3.05, 3.63) is 0 Å². The van der Waals surface area contributed by atoms with Gasteiger partial charge in [-0.2, -0.15) is 0 Å². The lowest BCUT2D eigenvalue weighted by atomic mass is 10.1. The van der Waals surface area contributed by atoms with E-state index in [4.69, 9.17) is 1.37 Å². The lowest BCUT2D eigenvalue weighted by Gasteiger charge is -2.35. The van der Waals surface area contributed by atoms with Crippen molar-refractivity contribution in [2.75, 3.05) is 0 Å². The molecule has 120 valence electrons. The maximum atomic E-state index is 11.1. The lowest BCUT2D eigenvalue weighted by Crippen LogP contribution is -2.59. The first kappa shape index (κ1) is 17.0. The molecule has 0 aliphatic carbocycles. The van der Waals surface area contributed by atoms with Gasteiger partial charge in [0.05, 0.1) is 0 Å². The van der Waals surface area contributed by atoms with Crippen LogP contribution in [0.15, 0.2) is 0 Å². The van der Waals surface area contributed by atoms with Gasteiger partial charge in [0.2, 0.25) is 6.10 Å². The van der Waals surface area contributed by atoms with Crippen LogP contribution in [0, 0.1) is 0 Å². The maximum Gasteiger partial charge on any atom is 0.454 e. The second kappa shape index (κ2) is 7.67. The molecule has 0 aromatic rings. The minimum Gasteiger partial charge on any atom is -0.387 e. The highest BCUT2D eigenvalue weighted by Crippen LogP contribution is 2.25. The Kier molecular flexibility index (Phi) is 6.21. The van der Waals surface area contributed by atoms with E-state index in [1.165, 1.54) is 0 Å². The molecule has 0 aliphatic heterocycles. The number of rotatable bonds is 7. The first-order chi connectivity index (χ1) is 9.92. The van der Waals surface area contributed by atoms with E-state index in [0.29, 0.717) is 0 Å². The van der Waals surface area contributed by atoms with E-state index >= 15 is 0 Å². The minimum atomic E-state index is -3.13. The molecule has 0 saturated carbocycles. The van der Waals surface area contributed by atoms with Crippen LogP contribution in [-0.2, 0) is 33.4 Å². The van der Waals surface area contributed by atoms with Gasteiger partial charge in [-0.3, -0.25) is 14.4 Å². The molecule has 21 heavy (non-hydrogen) atoms. The van der Waals surface area contributed by atoms with Gasteiger partial charge in [-0.25, -0.2) is 0 Å². The Morgan fingerprint density at radius 2 is 1.33 bits per heavy atom. The molecule has 0 fully saturated rings. The molecule has 0 unspecified atom stereocenters. The molecule has 0 saturated heterocycles. The predicted octanol–water partition coefficient (Wildman–Crippen LogP) is -2.39. The molecule has 0 aliphatic rings. The molecule has 3 N–H and O–H groups in total. The van der Waals surface area contributed by atoms with Crippen molar-refractivity contribution in [3.8, 4) is 0 Å². The van der Waals surface area contributed by atoms with Gasteiger partial charge in [-0.1, -0.05) is 0 Å². The molecule has 0 heterocycles. The first-order valence-corrected chi connectivity index (χ1v) is 5.56. The summed E-state index contributed by atoms with van der Waals surface area (Å²) in [5.41, 5.74) is 0. The number of carbonyl (C=O) groups excluding carboxylic acids is 4. The highest BCUT2D eigenvalue weighted by atomic mass is 16.9. The molecule has 0 radical (unpaired) electrons. The summed E-state index contributed by atoms with van der Waals surface area (Å²) < 4.78 is 20.0. The normalized spacial score (nSPS) is 16.0. The van der Waals surface area contributed by atoms with Gasteiger partial charge in [0.15, 0.2) is 6.26 Å². The minimum absolute atomic E-state index is 0.812. The standard InChI is InChI=1S/C11H16O10/c1-5(13)19-11(20-6(2)14,21-7(3)15)10(18)9(17)8(16)4-12/h4,8-10,16-18H,1-3H3/t8-,9-,10-/m0/s1/i4D. The highest BCUT2D eigenvalue weighted by Gasteiger charge is 2.54. The molecule has 0 aromatic heterocycles. The van der Waals surface area contributed by atoms with Crippen molar-refractivity contribution in [3.63, 3.8) is 0 Å². The number of hydrogen-bond donors (Lipinski definition) is 3. The molecule has 0 rings (SSSR count). The molecule has 10 nitrogen and oxygen atoms in total. The topological polar surface area (TPSA) is 157 Å². The van der Waals surface area contributed by atoms with E-state index < -0.39 is 48.5 Å². The van der Waals surface area contributed by atoms with Crippen molar-refractivity contribution in [1.82, 2.24) is 0 Å². The zero-order valence-corrected chi connectivity index (χ0v) is 11.4. The van der Waals surface area contributed by atoms with E-state index in [-0.39, 0.29) is 0 Å². The Labute approximate surface area is 120 Å². The fraction of sp³-hybridized carbons (Fsp3) is 0.636. The lowest BCUT2D eigenvalue weighted by molar-refractivity contribution is -0.373. The number of aliphatic hydroxyl groups excluding tert-OH is 3. The zero-order chi connectivity index (χ0) is 17.7. The quantitative estimate of drug-likeness (QED) is 0.263. The van der Waals surface area contributed by atoms with E-state index in [2.05, 4.69) is 14.2 Å². The van der Waals surface area contributed by atoms with Crippen molar-refractivity contribution in [2.45, 2.75) is 45.1 Å². The van der Waals surface area contributed by atoms with E-state index in [1.54, 1.807) is 0 Å².